The average molecular weight is 327 g/mol. The maximum atomic E-state index is 12.6. The highest BCUT2D eigenvalue weighted by Gasteiger charge is 2.38. The number of hydrogen-bond acceptors (Lipinski definition) is 3. The molecular weight excluding hydrogens is 308 g/mol. The number of anilines is 1. The van der Waals surface area contributed by atoms with Gasteiger partial charge < -0.3 is 15.3 Å². The van der Waals surface area contributed by atoms with Crippen LogP contribution in [0, 0.1) is 0 Å². The van der Waals surface area contributed by atoms with Crippen molar-refractivity contribution < 1.29 is 9.90 Å². The lowest BCUT2D eigenvalue weighted by Crippen LogP contribution is -2.52. The number of amides is 1. The number of carbonyl (C=O) groups is 1. The molecule has 1 fully saturated rings. The summed E-state index contributed by atoms with van der Waals surface area (Å²) >= 11 is 3.50. The Bertz CT molecular complexity index is 476. The number of para-hydroxylation sites is 1. The number of nitrogens with one attached hydrogen (secondary N) is 1. The zero-order chi connectivity index (χ0) is 14.0. The van der Waals surface area contributed by atoms with Crippen LogP contribution in [0.15, 0.2) is 28.7 Å². The van der Waals surface area contributed by atoms with E-state index in [1.54, 1.807) is 4.90 Å². The predicted molar refractivity (Wildman–Crippen MR) is 79.2 cm³/mol. The molecule has 1 aromatic carbocycles. The van der Waals surface area contributed by atoms with Gasteiger partial charge in [0.05, 0.1) is 12.3 Å². The van der Waals surface area contributed by atoms with Crippen LogP contribution in [-0.4, -0.2) is 35.7 Å². The van der Waals surface area contributed by atoms with Crippen LogP contribution in [0.5, 0.6) is 0 Å². The molecule has 1 amide bonds. The molecule has 0 bridgehead atoms. The topological polar surface area (TPSA) is 52.6 Å². The Balaban J connectivity index is 2.48. The van der Waals surface area contributed by atoms with Crippen molar-refractivity contribution in [1.29, 1.82) is 0 Å². The average Bonchev–Trinajstić information content (AvgIpc) is 2.47. The third-order valence-corrected chi connectivity index (χ3v) is 4.20. The fourth-order valence-corrected chi connectivity index (χ4v) is 2.89. The highest BCUT2D eigenvalue weighted by atomic mass is 79.9. The summed E-state index contributed by atoms with van der Waals surface area (Å²) in [6, 6.07) is 7.14. The second-order valence-corrected chi connectivity index (χ2v) is 6.23. The molecule has 2 rings (SSSR count). The lowest BCUT2D eigenvalue weighted by atomic mass is 9.97. The van der Waals surface area contributed by atoms with Gasteiger partial charge in [-0.3, -0.25) is 4.79 Å². The zero-order valence-electron chi connectivity index (χ0n) is 11.2. The molecule has 104 valence electrons. The number of rotatable bonds is 2. The molecule has 0 saturated carbocycles. The highest BCUT2D eigenvalue weighted by Crippen LogP contribution is 2.34. The number of carbonyl (C=O) groups excluding carboxylic acids is 1. The predicted octanol–water partition coefficient (Wildman–Crippen LogP) is 1.91. The van der Waals surface area contributed by atoms with Gasteiger partial charge in [-0.1, -0.05) is 12.1 Å². The molecule has 1 atom stereocenters. The molecule has 5 heteroatoms. The van der Waals surface area contributed by atoms with Gasteiger partial charge in [-0.2, -0.15) is 0 Å². The van der Waals surface area contributed by atoms with E-state index in [-0.39, 0.29) is 18.1 Å². The number of aliphatic hydroxyl groups excluding tert-OH is 1. The van der Waals surface area contributed by atoms with Gasteiger partial charge in [0.15, 0.2) is 0 Å². The Morgan fingerprint density at radius 3 is 2.79 bits per heavy atom. The van der Waals surface area contributed by atoms with Crippen molar-refractivity contribution in [2.75, 3.05) is 18.1 Å². The van der Waals surface area contributed by atoms with Gasteiger partial charge in [0, 0.05) is 10.0 Å². The van der Waals surface area contributed by atoms with Gasteiger partial charge in [-0.05, 0) is 54.9 Å². The Morgan fingerprint density at radius 2 is 2.16 bits per heavy atom. The molecule has 1 unspecified atom stereocenters. The van der Waals surface area contributed by atoms with E-state index in [0.29, 0.717) is 6.54 Å². The minimum absolute atomic E-state index is 0.0862. The number of hydrogen-bond donors (Lipinski definition) is 2. The van der Waals surface area contributed by atoms with Gasteiger partial charge in [-0.25, -0.2) is 0 Å². The molecule has 1 aliphatic heterocycles. The van der Waals surface area contributed by atoms with Crippen LogP contribution in [0.4, 0.5) is 5.69 Å². The van der Waals surface area contributed by atoms with Crippen molar-refractivity contribution in [3.05, 3.63) is 28.7 Å². The standard InChI is InChI=1S/C14H19BrN2O2/c1-14(2)7-8-16-11(9-18)13(19)17(14)12-6-4-3-5-10(12)15/h3-6,11,16,18H,7-9H2,1-2H3. The van der Waals surface area contributed by atoms with E-state index in [9.17, 15) is 9.90 Å². The SMILES string of the molecule is CC1(C)CCNC(CO)C(=O)N1c1ccccc1Br. The molecule has 1 heterocycles. The van der Waals surface area contributed by atoms with Crippen molar-refractivity contribution in [2.45, 2.75) is 31.8 Å². The first-order valence-corrected chi connectivity index (χ1v) is 7.19. The summed E-state index contributed by atoms with van der Waals surface area (Å²) in [6.07, 6.45) is 0.830. The van der Waals surface area contributed by atoms with E-state index < -0.39 is 6.04 Å². The minimum atomic E-state index is -0.533. The molecule has 0 radical (unpaired) electrons. The zero-order valence-corrected chi connectivity index (χ0v) is 12.8. The first-order chi connectivity index (χ1) is 8.97. The summed E-state index contributed by atoms with van der Waals surface area (Å²) in [7, 11) is 0. The van der Waals surface area contributed by atoms with Crippen molar-refractivity contribution in [3.8, 4) is 0 Å². The van der Waals surface area contributed by atoms with Crippen LogP contribution in [0.2, 0.25) is 0 Å². The van der Waals surface area contributed by atoms with Crippen molar-refractivity contribution in [3.63, 3.8) is 0 Å². The lowest BCUT2D eigenvalue weighted by molar-refractivity contribution is -0.121. The number of benzene rings is 1. The molecule has 1 aromatic rings. The van der Waals surface area contributed by atoms with Gasteiger partial charge in [0.2, 0.25) is 5.91 Å². The summed E-state index contributed by atoms with van der Waals surface area (Å²) < 4.78 is 0.884. The maximum Gasteiger partial charge on any atom is 0.247 e. The largest absolute Gasteiger partial charge is 0.394 e. The van der Waals surface area contributed by atoms with Crippen LogP contribution in [0.3, 0.4) is 0 Å². The third kappa shape index (κ3) is 2.83. The Labute approximate surface area is 121 Å². The van der Waals surface area contributed by atoms with Crippen molar-refractivity contribution >= 4 is 27.5 Å². The molecule has 4 nitrogen and oxygen atoms in total. The molecular formula is C14H19BrN2O2. The Kier molecular flexibility index (Phi) is 4.28. The van der Waals surface area contributed by atoms with Crippen LogP contribution >= 0.6 is 15.9 Å². The molecule has 19 heavy (non-hydrogen) atoms. The van der Waals surface area contributed by atoms with Gasteiger partial charge in [-0.15, -0.1) is 0 Å². The monoisotopic (exact) mass is 326 g/mol. The molecule has 0 aromatic heterocycles. The van der Waals surface area contributed by atoms with E-state index >= 15 is 0 Å². The van der Waals surface area contributed by atoms with Crippen LogP contribution in [0.1, 0.15) is 20.3 Å². The smallest absolute Gasteiger partial charge is 0.247 e. The van der Waals surface area contributed by atoms with E-state index in [1.807, 2.05) is 38.1 Å². The second kappa shape index (κ2) is 5.61. The number of aliphatic hydroxyl groups is 1. The van der Waals surface area contributed by atoms with Gasteiger partial charge >= 0.3 is 0 Å². The quantitative estimate of drug-likeness (QED) is 0.873. The van der Waals surface area contributed by atoms with E-state index in [1.165, 1.54) is 0 Å². The summed E-state index contributed by atoms with van der Waals surface area (Å²) in [5, 5.41) is 12.5. The van der Waals surface area contributed by atoms with E-state index in [2.05, 4.69) is 21.2 Å². The summed E-state index contributed by atoms with van der Waals surface area (Å²) in [4.78, 5) is 14.4. The molecule has 2 N–H and O–H groups in total. The fourth-order valence-electron chi connectivity index (χ4n) is 2.43. The Hall–Kier alpha value is -0.910. The molecule has 1 saturated heterocycles. The molecule has 0 spiro atoms. The van der Waals surface area contributed by atoms with Crippen LogP contribution in [-0.2, 0) is 4.79 Å². The Morgan fingerprint density at radius 1 is 1.47 bits per heavy atom. The first-order valence-electron chi connectivity index (χ1n) is 6.40. The van der Waals surface area contributed by atoms with Crippen molar-refractivity contribution in [2.24, 2.45) is 0 Å². The van der Waals surface area contributed by atoms with E-state index in [0.717, 1.165) is 16.6 Å². The lowest BCUT2D eigenvalue weighted by Gasteiger charge is -2.38. The molecule has 0 aliphatic carbocycles. The normalized spacial score (nSPS) is 23.3. The fraction of sp³-hybridized carbons (Fsp3) is 0.500. The van der Waals surface area contributed by atoms with Gasteiger partial charge in [0.25, 0.3) is 0 Å². The third-order valence-electron chi connectivity index (χ3n) is 3.53. The summed E-state index contributed by atoms with van der Waals surface area (Å²) in [5.41, 5.74) is 0.553. The van der Waals surface area contributed by atoms with Gasteiger partial charge in [0.1, 0.15) is 6.04 Å². The number of nitrogens with zero attached hydrogens (tertiary/aromatic N) is 1. The first kappa shape index (κ1) is 14.5. The van der Waals surface area contributed by atoms with Crippen LogP contribution in [0.25, 0.3) is 0 Å². The van der Waals surface area contributed by atoms with Crippen molar-refractivity contribution in [1.82, 2.24) is 5.32 Å². The summed E-state index contributed by atoms with van der Waals surface area (Å²) in [5.74, 6) is -0.0862. The highest BCUT2D eigenvalue weighted by molar-refractivity contribution is 9.10. The second-order valence-electron chi connectivity index (χ2n) is 5.38. The number of halogens is 1. The van der Waals surface area contributed by atoms with Crippen LogP contribution < -0.4 is 10.2 Å². The minimum Gasteiger partial charge on any atom is -0.394 e. The summed E-state index contributed by atoms with van der Waals surface area (Å²) in [6.45, 7) is 4.62. The molecule has 1 aliphatic rings. The maximum absolute atomic E-state index is 12.6. The van der Waals surface area contributed by atoms with E-state index in [4.69, 9.17) is 0 Å².